The second-order valence-electron chi connectivity index (χ2n) is 8.63. The largest absolute Gasteiger partial charge is 0.504 e. The minimum Gasteiger partial charge on any atom is -0.504 e. The predicted molar refractivity (Wildman–Crippen MR) is 132 cm³/mol. The van der Waals surface area contributed by atoms with Gasteiger partial charge in [-0.1, -0.05) is 41.5 Å². The Balaban J connectivity index is 2.58. The van der Waals surface area contributed by atoms with Crippen molar-refractivity contribution in [1.82, 2.24) is 0 Å². The molecule has 0 saturated heterocycles. The van der Waals surface area contributed by atoms with Gasteiger partial charge in [-0.2, -0.15) is 0 Å². The number of aliphatic hydroxyl groups is 1. The second-order valence-corrected chi connectivity index (χ2v) is 8.63. The van der Waals surface area contributed by atoms with Gasteiger partial charge in [0, 0.05) is 11.1 Å². The summed E-state index contributed by atoms with van der Waals surface area (Å²) in [6.07, 6.45) is 8.85. The zero-order valence-corrected chi connectivity index (χ0v) is 20.2. The number of hydrogen-bond donors (Lipinski definition) is 5. The van der Waals surface area contributed by atoms with Gasteiger partial charge in [0.15, 0.2) is 11.5 Å². The van der Waals surface area contributed by atoms with E-state index in [1.54, 1.807) is 13.0 Å². The molecule has 0 saturated carbocycles. The highest BCUT2D eigenvalue weighted by Crippen LogP contribution is 2.31. The Hall–Kier alpha value is -3.32. The SMILES string of the molecule is C=C(C)C(O)CC/C(=C\CC/C(C)=C/CC/C(C)=C/Cc1cc(C(=O)O)cc(O)c1O)C(=O)O. The average Bonchev–Trinajstić information content (AvgIpc) is 2.76. The fourth-order valence-electron chi connectivity index (χ4n) is 3.30. The molecular weight excluding hydrogens is 436 g/mol. The topological polar surface area (TPSA) is 135 Å². The third-order valence-corrected chi connectivity index (χ3v) is 5.58. The van der Waals surface area contributed by atoms with E-state index in [9.17, 15) is 30.0 Å². The fraction of sp³-hybridized carbons (Fsp3) is 0.407. The van der Waals surface area contributed by atoms with Gasteiger partial charge in [-0.05, 0) is 77.8 Å². The number of carbonyl (C=O) groups is 2. The van der Waals surface area contributed by atoms with E-state index in [4.69, 9.17) is 5.11 Å². The van der Waals surface area contributed by atoms with Crippen molar-refractivity contribution in [2.75, 3.05) is 0 Å². The van der Waals surface area contributed by atoms with Gasteiger partial charge in [-0.3, -0.25) is 0 Å². The van der Waals surface area contributed by atoms with Crippen LogP contribution in [-0.2, 0) is 11.2 Å². The van der Waals surface area contributed by atoms with Gasteiger partial charge < -0.3 is 25.5 Å². The van der Waals surface area contributed by atoms with Crippen molar-refractivity contribution < 1.29 is 35.1 Å². The van der Waals surface area contributed by atoms with Crippen LogP contribution in [0.15, 0.2) is 59.2 Å². The molecule has 0 radical (unpaired) electrons. The normalized spacial score (nSPS) is 13.6. The Morgan fingerprint density at radius 3 is 2.09 bits per heavy atom. The van der Waals surface area contributed by atoms with Crippen molar-refractivity contribution in [2.24, 2.45) is 0 Å². The lowest BCUT2D eigenvalue weighted by atomic mass is 10.0. The summed E-state index contributed by atoms with van der Waals surface area (Å²) in [5.74, 6) is -2.91. The first-order valence-electron chi connectivity index (χ1n) is 11.3. The number of aliphatic carboxylic acids is 1. The van der Waals surface area contributed by atoms with E-state index in [2.05, 4.69) is 12.7 Å². The van der Waals surface area contributed by atoms with Crippen molar-refractivity contribution in [2.45, 2.75) is 71.8 Å². The van der Waals surface area contributed by atoms with Crippen LogP contribution in [-0.4, -0.2) is 43.6 Å². The minimum atomic E-state index is -1.17. The van der Waals surface area contributed by atoms with Crippen LogP contribution >= 0.6 is 0 Å². The van der Waals surface area contributed by atoms with Crippen molar-refractivity contribution >= 4 is 11.9 Å². The van der Waals surface area contributed by atoms with E-state index in [0.717, 1.165) is 36.5 Å². The number of rotatable bonds is 14. The molecule has 0 heterocycles. The molecule has 1 unspecified atom stereocenters. The number of carboxylic acids is 2. The van der Waals surface area contributed by atoms with E-state index in [0.29, 0.717) is 42.4 Å². The van der Waals surface area contributed by atoms with Crippen molar-refractivity contribution in [3.8, 4) is 11.5 Å². The molecule has 1 aromatic carbocycles. The molecule has 5 N–H and O–H groups in total. The minimum absolute atomic E-state index is 0.0815. The monoisotopic (exact) mass is 472 g/mol. The molecule has 0 aliphatic carbocycles. The van der Waals surface area contributed by atoms with Crippen LogP contribution in [0.5, 0.6) is 11.5 Å². The molecule has 0 fully saturated rings. The Morgan fingerprint density at radius 2 is 1.53 bits per heavy atom. The summed E-state index contributed by atoms with van der Waals surface area (Å²) in [6, 6.07) is 2.37. The summed E-state index contributed by atoms with van der Waals surface area (Å²) >= 11 is 0. The Kier molecular flexibility index (Phi) is 11.9. The molecule has 0 bridgehead atoms. The fourth-order valence-corrected chi connectivity index (χ4v) is 3.30. The Labute approximate surface area is 201 Å². The quantitative estimate of drug-likeness (QED) is 0.137. The van der Waals surface area contributed by atoms with Crippen LogP contribution in [0.4, 0.5) is 0 Å². The first-order valence-corrected chi connectivity index (χ1v) is 11.3. The number of aromatic carboxylic acids is 1. The van der Waals surface area contributed by atoms with E-state index >= 15 is 0 Å². The maximum atomic E-state index is 11.4. The summed E-state index contributed by atoms with van der Waals surface area (Å²) in [5, 5.41) is 47.9. The number of hydrogen-bond acceptors (Lipinski definition) is 5. The summed E-state index contributed by atoms with van der Waals surface area (Å²) in [4.78, 5) is 22.5. The number of carboxylic acid groups (broad SMARTS) is 2. The molecule has 0 aliphatic rings. The molecule has 0 spiro atoms. The molecule has 0 aliphatic heterocycles. The van der Waals surface area contributed by atoms with Crippen LogP contribution in [0, 0.1) is 0 Å². The van der Waals surface area contributed by atoms with Crippen molar-refractivity contribution in [1.29, 1.82) is 0 Å². The van der Waals surface area contributed by atoms with E-state index in [-0.39, 0.29) is 11.3 Å². The van der Waals surface area contributed by atoms with Crippen LogP contribution in [0.3, 0.4) is 0 Å². The third-order valence-electron chi connectivity index (χ3n) is 5.58. The molecule has 1 atom stereocenters. The second kappa shape index (κ2) is 14.1. The smallest absolute Gasteiger partial charge is 0.335 e. The first kappa shape index (κ1) is 28.7. The molecule has 7 heteroatoms. The van der Waals surface area contributed by atoms with E-state index in [1.807, 2.05) is 19.9 Å². The van der Waals surface area contributed by atoms with E-state index in [1.165, 1.54) is 6.07 Å². The average molecular weight is 473 g/mol. The lowest BCUT2D eigenvalue weighted by Crippen LogP contribution is -2.10. The molecule has 186 valence electrons. The summed E-state index contributed by atoms with van der Waals surface area (Å²) in [5.41, 5.74) is 3.40. The van der Waals surface area contributed by atoms with Crippen LogP contribution < -0.4 is 0 Å². The zero-order chi connectivity index (χ0) is 25.8. The number of phenolic OH excluding ortho intramolecular Hbond substituents is 2. The van der Waals surface area contributed by atoms with Crippen LogP contribution in [0.2, 0.25) is 0 Å². The lowest BCUT2D eigenvalue weighted by molar-refractivity contribution is -0.132. The Morgan fingerprint density at radius 1 is 0.941 bits per heavy atom. The summed E-state index contributed by atoms with van der Waals surface area (Å²) in [7, 11) is 0. The third kappa shape index (κ3) is 10.1. The number of phenols is 2. The van der Waals surface area contributed by atoms with Gasteiger partial charge in [0.25, 0.3) is 0 Å². The number of benzene rings is 1. The number of allylic oxidation sites excluding steroid dienone is 5. The van der Waals surface area contributed by atoms with Crippen molar-refractivity contribution in [3.63, 3.8) is 0 Å². The zero-order valence-electron chi connectivity index (χ0n) is 20.2. The maximum absolute atomic E-state index is 11.4. The van der Waals surface area contributed by atoms with Crippen LogP contribution in [0.1, 0.15) is 75.2 Å². The van der Waals surface area contributed by atoms with Crippen LogP contribution in [0.25, 0.3) is 0 Å². The summed E-state index contributed by atoms with van der Waals surface area (Å²) < 4.78 is 0. The van der Waals surface area contributed by atoms with E-state index < -0.39 is 23.8 Å². The van der Waals surface area contributed by atoms with Gasteiger partial charge >= 0.3 is 11.9 Å². The predicted octanol–water partition coefficient (Wildman–Crippen LogP) is 5.52. The molecule has 0 amide bonds. The van der Waals surface area contributed by atoms with Gasteiger partial charge in [0.05, 0.1) is 11.7 Å². The standard InChI is InChI=1S/C27H36O7/c1-17(2)23(28)14-13-20(26(31)32)10-6-9-18(3)7-5-8-19(4)11-12-21-15-22(27(33)34)16-24(29)25(21)30/h7,10-11,15-16,23,28-30H,1,5-6,8-9,12-14H2,2-4H3,(H,31,32)(H,33,34)/b18-7+,19-11+,20-10+. The van der Waals surface area contributed by atoms with Gasteiger partial charge in [0.2, 0.25) is 0 Å². The van der Waals surface area contributed by atoms with Crippen molar-refractivity contribution in [3.05, 3.63) is 70.4 Å². The highest BCUT2D eigenvalue weighted by molar-refractivity contribution is 5.89. The highest BCUT2D eigenvalue weighted by Gasteiger charge is 2.13. The van der Waals surface area contributed by atoms with Gasteiger partial charge in [-0.25, -0.2) is 9.59 Å². The maximum Gasteiger partial charge on any atom is 0.335 e. The molecule has 7 nitrogen and oxygen atoms in total. The first-order chi connectivity index (χ1) is 15.9. The number of aromatic hydroxyl groups is 2. The summed E-state index contributed by atoms with van der Waals surface area (Å²) in [6.45, 7) is 9.33. The molecule has 0 aromatic heterocycles. The highest BCUT2D eigenvalue weighted by atomic mass is 16.4. The molecule has 1 aromatic rings. The Bertz CT molecular complexity index is 983. The lowest BCUT2D eigenvalue weighted by Gasteiger charge is -2.10. The molecular formula is C27H36O7. The molecule has 34 heavy (non-hydrogen) atoms. The molecule has 1 rings (SSSR count). The van der Waals surface area contributed by atoms with Gasteiger partial charge in [0.1, 0.15) is 0 Å². The number of aliphatic hydroxyl groups excluding tert-OH is 1. The van der Waals surface area contributed by atoms with Gasteiger partial charge in [-0.15, -0.1) is 0 Å².